The SMILES string of the molecule is CCNC(C)c1nnc(NCCc2ccco2)o1. The lowest BCUT2D eigenvalue weighted by Crippen LogP contribution is -2.17. The number of nitrogens with zero attached hydrogens (tertiary/aromatic N) is 2. The standard InChI is InChI=1S/C12H18N4O2/c1-3-13-9(2)11-15-16-12(18-11)14-7-6-10-5-4-8-17-10/h4-5,8-9,13H,3,6-7H2,1-2H3,(H,14,16). The van der Waals surface area contributed by atoms with Crippen LogP contribution in [0.5, 0.6) is 0 Å². The van der Waals surface area contributed by atoms with E-state index in [0.29, 0.717) is 18.5 Å². The summed E-state index contributed by atoms with van der Waals surface area (Å²) in [5.41, 5.74) is 0. The lowest BCUT2D eigenvalue weighted by Gasteiger charge is -2.05. The van der Waals surface area contributed by atoms with Gasteiger partial charge in [0.1, 0.15) is 5.76 Å². The Morgan fingerprint density at radius 1 is 1.39 bits per heavy atom. The van der Waals surface area contributed by atoms with Crippen molar-refractivity contribution in [2.45, 2.75) is 26.3 Å². The lowest BCUT2D eigenvalue weighted by atomic mass is 10.3. The second kappa shape index (κ2) is 6.20. The molecule has 0 aliphatic rings. The Morgan fingerprint density at radius 3 is 3.00 bits per heavy atom. The second-order valence-corrected chi connectivity index (χ2v) is 3.98. The van der Waals surface area contributed by atoms with E-state index in [-0.39, 0.29) is 6.04 Å². The fraction of sp³-hybridized carbons (Fsp3) is 0.500. The lowest BCUT2D eigenvalue weighted by molar-refractivity contribution is 0.428. The van der Waals surface area contributed by atoms with E-state index < -0.39 is 0 Å². The molecule has 0 spiro atoms. The van der Waals surface area contributed by atoms with Gasteiger partial charge in [-0.15, -0.1) is 5.10 Å². The molecule has 0 fully saturated rings. The first-order valence-corrected chi connectivity index (χ1v) is 6.12. The van der Waals surface area contributed by atoms with Crippen molar-refractivity contribution in [1.82, 2.24) is 15.5 Å². The molecule has 1 unspecified atom stereocenters. The Balaban J connectivity index is 1.79. The van der Waals surface area contributed by atoms with E-state index in [4.69, 9.17) is 8.83 Å². The van der Waals surface area contributed by atoms with Crippen molar-refractivity contribution >= 4 is 6.01 Å². The normalized spacial score (nSPS) is 12.6. The van der Waals surface area contributed by atoms with Gasteiger partial charge in [-0.3, -0.25) is 0 Å². The molecular weight excluding hydrogens is 232 g/mol. The molecule has 0 aliphatic carbocycles. The highest BCUT2D eigenvalue weighted by Gasteiger charge is 2.12. The Hall–Kier alpha value is -1.82. The summed E-state index contributed by atoms with van der Waals surface area (Å²) in [5, 5.41) is 14.2. The fourth-order valence-electron chi connectivity index (χ4n) is 1.62. The minimum Gasteiger partial charge on any atom is -0.469 e. The molecule has 0 saturated carbocycles. The number of rotatable bonds is 7. The van der Waals surface area contributed by atoms with Gasteiger partial charge in [0.05, 0.1) is 12.3 Å². The van der Waals surface area contributed by atoms with Gasteiger partial charge in [-0.25, -0.2) is 0 Å². The van der Waals surface area contributed by atoms with Crippen LogP contribution in [0, 0.1) is 0 Å². The van der Waals surface area contributed by atoms with Crippen LogP contribution in [-0.2, 0) is 6.42 Å². The minimum absolute atomic E-state index is 0.0723. The fourth-order valence-corrected chi connectivity index (χ4v) is 1.62. The van der Waals surface area contributed by atoms with Gasteiger partial charge in [0.2, 0.25) is 5.89 Å². The van der Waals surface area contributed by atoms with Gasteiger partial charge in [0.25, 0.3) is 0 Å². The predicted octanol–water partition coefficient (Wildman–Crippen LogP) is 1.99. The van der Waals surface area contributed by atoms with Crippen molar-refractivity contribution in [3.05, 3.63) is 30.0 Å². The maximum atomic E-state index is 5.49. The summed E-state index contributed by atoms with van der Waals surface area (Å²) in [6, 6.07) is 4.33. The van der Waals surface area contributed by atoms with Gasteiger partial charge in [-0.2, -0.15) is 0 Å². The van der Waals surface area contributed by atoms with Crippen LogP contribution in [0.25, 0.3) is 0 Å². The molecule has 0 radical (unpaired) electrons. The molecule has 0 bridgehead atoms. The number of aromatic nitrogens is 2. The zero-order chi connectivity index (χ0) is 12.8. The van der Waals surface area contributed by atoms with Crippen molar-refractivity contribution in [1.29, 1.82) is 0 Å². The molecule has 0 aliphatic heterocycles. The number of nitrogens with one attached hydrogen (secondary N) is 2. The summed E-state index contributed by atoms with van der Waals surface area (Å²) in [7, 11) is 0. The van der Waals surface area contributed by atoms with Crippen LogP contribution >= 0.6 is 0 Å². The maximum absolute atomic E-state index is 5.49. The first-order valence-electron chi connectivity index (χ1n) is 6.12. The largest absolute Gasteiger partial charge is 0.469 e. The van der Waals surface area contributed by atoms with E-state index >= 15 is 0 Å². The van der Waals surface area contributed by atoms with E-state index in [9.17, 15) is 0 Å². The van der Waals surface area contributed by atoms with Crippen molar-refractivity contribution < 1.29 is 8.83 Å². The number of hydrogen-bond donors (Lipinski definition) is 2. The average Bonchev–Trinajstić information content (AvgIpc) is 3.00. The van der Waals surface area contributed by atoms with Gasteiger partial charge >= 0.3 is 6.01 Å². The minimum atomic E-state index is 0.0723. The van der Waals surface area contributed by atoms with Crippen molar-refractivity contribution in [2.24, 2.45) is 0 Å². The molecule has 0 amide bonds. The molecule has 2 heterocycles. The molecule has 2 rings (SSSR count). The first-order chi connectivity index (χ1) is 8.79. The summed E-state index contributed by atoms with van der Waals surface area (Å²) < 4.78 is 10.7. The molecule has 6 heteroatoms. The highest BCUT2D eigenvalue weighted by molar-refractivity contribution is 5.18. The summed E-state index contributed by atoms with van der Waals surface area (Å²) in [4.78, 5) is 0. The first kappa shape index (κ1) is 12.6. The highest BCUT2D eigenvalue weighted by Crippen LogP contribution is 2.13. The number of anilines is 1. The highest BCUT2D eigenvalue weighted by atomic mass is 16.4. The van der Waals surface area contributed by atoms with Crippen molar-refractivity contribution in [3.63, 3.8) is 0 Å². The molecule has 18 heavy (non-hydrogen) atoms. The third-order valence-electron chi connectivity index (χ3n) is 2.55. The van der Waals surface area contributed by atoms with Gasteiger partial charge in [0, 0.05) is 13.0 Å². The predicted molar refractivity (Wildman–Crippen MR) is 67.3 cm³/mol. The monoisotopic (exact) mass is 250 g/mol. The van der Waals surface area contributed by atoms with Crippen molar-refractivity contribution in [2.75, 3.05) is 18.4 Å². The zero-order valence-electron chi connectivity index (χ0n) is 10.6. The van der Waals surface area contributed by atoms with Gasteiger partial charge in [-0.05, 0) is 25.6 Å². The topological polar surface area (TPSA) is 76.1 Å². The smallest absolute Gasteiger partial charge is 0.315 e. The van der Waals surface area contributed by atoms with Gasteiger partial charge < -0.3 is 19.5 Å². The summed E-state index contributed by atoms with van der Waals surface area (Å²) in [6.45, 7) is 5.59. The molecule has 0 aromatic carbocycles. The molecule has 6 nitrogen and oxygen atoms in total. The van der Waals surface area contributed by atoms with Crippen LogP contribution in [0.2, 0.25) is 0 Å². The third-order valence-corrected chi connectivity index (χ3v) is 2.55. The molecule has 98 valence electrons. The van der Waals surface area contributed by atoms with E-state index in [0.717, 1.165) is 18.7 Å². The summed E-state index contributed by atoms with van der Waals surface area (Å²) >= 11 is 0. The Bertz CT molecular complexity index is 452. The summed E-state index contributed by atoms with van der Waals surface area (Å²) in [6.07, 6.45) is 2.45. The van der Waals surface area contributed by atoms with Crippen LogP contribution < -0.4 is 10.6 Å². The van der Waals surface area contributed by atoms with E-state index in [2.05, 4.69) is 20.8 Å². The molecule has 2 aromatic rings. The Kier molecular flexibility index (Phi) is 4.35. The van der Waals surface area contributed by atoms with Crippen LogP contribution in [0.4, 0.5) is 6.01 Å². The molecule has 1 atom stereocenters. The molecule has 0 saturated heterocycles. The average molecular weight is 250 g/mol. The summed E-state index contributed by atoms with van der Waals surface area (Å²) in [5.74, 6) is 1.53. The second-order valence-electron chi connectivity index (χ2n) is 3.98. The van der Waals surface area contributed by atoms with Crippen LogP contribution in [0.1, 0.15) is 31.5 Å². The maximum Gasteiger partial charge on any atom is 0.315 e. The van der Waals surface area contributed by atoms with Crippen LogP contribution in [0.15, 0.2) is 27.2 Å². The van der Waals surface area contributed by atoms with E-state index in [1.165, 1.54) is 0 Å². The van der Waals surface area contributed by atoms with Crippen LogP contribution in [-0.4, -0.2) is 23.3 Å². The van der Waals surface area contributed by atoms with Crippen molar-refractivity contribution in [3.8, 4) is 0 Å². The molecular formula is C12H18N4O2. The number of hydrogen-bond acceptors (Lipinski definition) is 6. The van der Waals surface area contributed by atoms with Gasteiger partial charge in [0.15, 0.2) is 0 Å². The molecule has 2 aromatic heterocycles. The van der Waals surface area contributed by atoms with Gasteiger partial charge in [-0.1, -0.05) is 12.0 Å². The van der Waals surface area contributed by atoms with E-state index in [1.54, 1.807) is 6.26 Å². The quantitative estimate of drug-likeness (QED) is 0.782. The number of furan rings is 1. The molecule has 2 N–H and O–H groups in total. The van der Waals surface area contributed by atoms with E-state index in [1.807, 2.05) is 26.0 Å². The third kappa shape index (κ3) is 3.33. The Labute approximate surface area is 106 Å². The van der Waals surface area contributed by atoms with Crippen LogP contribution in [0.3, 0.4) is 0 Å². The zero-order valence-corrected chi connectivity index (χ0v) is 10.6. The Morgan fingerprint density at radius 2 is 2.28 bits per heavy atom.